The van der Waals surface area contributed by atoms with E-state index in [1.165, 1.54) is 135 Å². The van der Waals surface area contributed by atoms with Gasteiger partial charge in [0.05, 0.1) is 87.0 Å². The Hall–Kier alpha value is -16.0. The molecule has 0 saturated heterocycles. The van der Waals surface area contributed by atoms with E-state index in [1.807, 2.05) is 0 Å². The number of anilines is 10. The van der Waals surface area contributed by atoms with Crippen LogP contribution in [0.3, 0.4) is 0 Å². The first kappa shape index (κ1) is 96.2. The van der Waals surface area contributed by atoms with E-state index in [0.717, 1.165) is 81.9 Å². The fraction of sp³-hybridized carbons (Fsp3) is 0.0455. The van der Waals surface area contributed by atoms with Gasteiger partial charge in [-0.1, -0.05) is 97.1 Å². The zero-order valence-electron chi connectivity index (χ0n) is 71.4. The summed E-state index contributed by atoms with van der Waals surface area (Å²) >= 11 is 0. The topological polar surface area (TPSA) is 715 Å². The highest BCUT2D eigenvalue weighted by molar-refractivity contribution is 7.88. The highest BCUT2D eigenvalue weighted by Crippen LogP contribution is 2.49. The van der Waals surface area contributed by atoms with Gasteiger partial charge in [0.2, 0.25) is 23.8 Å². The first-order valence-electron chi connectivity index (χ1n) is 40.4. The summed E-state index contributed by atoms with van der Waals surface area (Å²) in [7, 11) is -39.7. The largest absolute Gasteiger partial charge is 0.424 e. The van der Waals surface area contributed by atoms with E-state index in [1.54, 1.807) is 0 Å². The van der Waals surface area contributed by atoms with E-state index in [4.69, 9.17) is 9.47 Å². The Balaban J connectivity index is 0.721. The third-order valence-corrected chi connectivity index (χ3v) is 29.5. The average molecular weight is 2080 g/mol. The van der Waals surface area contributed by atoms with Crippen LogP contribution in [0, 0.1) is 0 Å². The van der Waals surface area contributed by atoms with E-state index < -0.39 is 248 Å². The van der Waals surface area contributed by atoms with Crippen molar-refractivity contribution >= 4 is 205 Å². The van der Waals surface area contributed by atoms with Crippen molar-refractivity contribution in [2.75, 3.05) is 45.0 Å². The molecule has 0 amide bonds. The van der Waals surface area contributed by atoms with Crippen LogP contribution in [0.2, 0.25) is 0 Å². The van der Waals surface area contributed by atoms with Crippen molar-refractivity contribution in [2.45, 2.75) is 39.2 Å². The number of rotatable bonds is 29. The molecule has 16 aromatic rings. The molecule has 0 saturated carbocycles. The SMILES string of the molecule is Cn1c(=O)c(C(=O)c2cccc(S(=O)(=O)O)c2)c2c3c(c(Nc4cc(Nc5nc(NCCNc6nc(Nc7cc(Nc8ccc9c%10c8C(=O)c8ccccc8-c%10c(C(=O)c8cccc(S(=O)(=O)O)c8)c(=O)n9C)c(S(=O)(=O)O)cc7S(=O)(=O)O)nc(Oc7ccc8cc(S(=O)(=O)O)ccc8c7)n6)nc(Oc6ccc7cc(S(=O)(=O)O)ccc7c6)n5)c(S(=O)(=O)O)cc4S(=O)(=O)O)ccc31)C(=O)c1ccccc1-2. The molecule has 0 atom stereocenters. The van der Waals surface area contributed by atoms with Crippen LogP contribution in [-0.4, -0.2) is 179 Å². The molecule has 54 heteroatoms. The van der Waals surface area contributed by atoms with E-state index >= 15 is 9.59 Å². The first-order chi connectivity index (χ1) is 66.7. The van der Waals surface area contributed by atoms with Crippen molar-refractivity contribution in [2.24, 2.45) is 14.1 Å². The molecule has 0 aliphatic heterocycles. The van der Waals surface area contributed by atoms with Crippen LogP contribution in [0.15, 0.2) is 267 Å². The van der Waals surface area contributed by atoms with Gasteiger partial charge < -0.3 is 50.5 Å². The van der Waals surface area contributed by atoms with E-state index in [9.17, 15) is 123 Å². The van der Waals surface area contributed by atoms with Gasteiger partial charge in [-0.2, -0.15) is 97.2 Å². The van der Waals surface area contributed by atoms with Gasteiger partial charge >= 0.3 is 12.0 Å². The van der Waals surface area contributed by atoms with Crippen molar-refractivity contribution in [1.29, 1.82) is 0 Å². The molecule has 46 nitrogen and oxygen atoms in total. The molecular weight excluding hydrogens is 2020 g/mol. The van der Waals surface area contributed by atoms with Crippen LogP contribution in [0.5, 0.6) is 23.5 Å². The molecule has 12 aromatic carbocycles. The second-order valence-electron chi connectivity index (χ2n) is 31.4. The normalized spacial score (nSPS) is 12.8. The molecule has 14 N–H and O–H groups in total. The van der Waals surface area contributed by atoms with Crippen LogP contribution < -0.4 is 52.5 Å². The Morgan fingerprint density at radius 2 is 0.620 bits per heavy atom. The van der Waals surface area contributed by atoms with E-state index in [-0.39, 0.29) is 123 Å². The molecule has 142 heavy (non-hydrogen) atoms. The third kappa shape index (κ3) is 18.4. The first-order valence-corrected chi connectivity index (χ1v) is 51.9. The minimum Gasteiger partial charge on any atom is -0.424 e. The van der Waals surface area contributed by atoms with Crippen molar-refractivity contribution in [3.05, 3.63) is 284 Å². The number of ketones is 4. The average Bonchev–Trinajstić information content (AvgIpc) is 0.706. The number of aromatic nitrogens is 8. The monoisotopic (exact) mass is 2080 g/mol. The van der Waals surface area contributed by atoms with Crippen molar-refractivity contribution in [1.82, 2.24) is 39.0 Å². The van der Waals surface area contributed by atoms with Crippen molar-refractivity contribution in [3.8, 4) is 45.8 Å². The number of hydrogen-bond donors (Lipinski definition) is 14. The van der Waals surface area contributed by atoms with Gasteiger partial charge in [-0.05, 0) is 154 Å². The summed E-state index contributed by atoms with van der Waals surface area (Å²) < 4.78 is 305. The van der Waals surface area contributed by atoms with Crippen LogP contribution in [0.4, 0.5) is 57.9 Å². The number of pyridine rings is 2. The molecular formula is C88H60N14O32S8. The summed E-state index contributed by atoms with van der Waals surface area (Å²) in [6, 6.07) is 39.7. The Labute approximate surface area is 798 Å². The highest BCUT2D eigenvalue weighted by Gasteiger charge is 2.39. The van der Waals surface area contributed by atoms with E-state index in [0.29, 0.717) is 12.1 Å². The summed E-state index contributed by atoms with van der Waals surface area (Å²) in [5.74, 6) is -6.71. The van der Waals surface area contributed by atoms with Gasteiger partial charge in [-0.25, -0.2) is 0 Å². The lowest BCUT2D eigenvalue weighted by molar-refractivity contribution is 0.102. The van der Waals surface area contributed by atoms with Crippen LogP contribution in [0.25, 0.3) is 65.6 Å². The molecule has 2 aliphatic carbocycles. The number of nitrogens with one attached hydrogen (secondary N) is 6. The van der Waals surface area contributed by atoms with Gasteiger partial charge in [0.1, 0.15) is 31.1 Å². The molecule has 0 bridgehead atoms. The quantitative estimate of drug-likeness (QED) is 0.0118. The maximum Gasteiger partial charge on any atom is 0.328 e. The number of nitrogens with zero attached hydrogens (tertiary/aromatic N) is 8. The summed E-state index contributed by atoms with van der Waals surface area (Å²) in [4.78, 5) is 107. The number of carbonyl (C=O) groups excluding carboxylic acids is 4. The molecule has 0 fully saturated rings. The molecule has 0 spiro atoms. The highest BCUT2D eigenvalue weighted by atomic mass is 32.2. The van der Waals surface area contributed by atoms with Gasteiger partial charge in [0.15, 0.2) is 23.1 Å². The number of ether oxygens (including phenoxy) is 2. The van der Waals surface area contributed by atoms with Gasteiger partial charge in [0, 0.05) is 71.3 Å². The summed E-state index contributed by atoms with van der Waals surface area (Å²) in [5, 5.41) is 17.0. The minimum atomic E-state index is -5.71. The Morgan fingerprint density at radius 1 is 0.303 bits per heavy atom. The van der Waals surface area contributed by atoms with Gasteiger partial charge in [0.25, 0.3) is 92.1 Å². The number of benzene rings is 12. The lowest BCUT2D eigenvalue weighted by atomic mass is 9.80. The summed E-state index contributed by atoms with van der Waals surface area (Å²) in [5.41, 5.74) is -9.54. The second kappa shape index (κ2) is 35.1. The number of fused-ring (bicyclic) bond motifs is 6. The maximum absolute atomic E-state index is 15.2. The zero-order valence-corrected chi connectivity index (χ0v) is 78.0. The Kier molecular flexibility index (Phi) is 23.8. The molecule has 4 heterocycles. The lowest BCUT2D eigenvalue weighted by Crippen LogP contribution is -2.29. The zero-order chi connectivity index (χ0) is 102. The third-order valence-electron chi connectivity index (χ3n) is 22.5. The minimum absolute atomic E-state index is 0.0101. The maximum atomic E-state index is 15.2. The number of carbonyl (C=O) groups is 4. The fourth-order valence-electron chi connectivity index (χ4n) is 16.2. The van der Waals surface area contributed by atoms with Crippen LogP contribution in [-0.2, 0) is 95.0 Å². The molecule has 4 aromatic heterocycles. The van der Waals surface area contributed by atoms with E-state index in [2.05, 4.69) is 61.8 Å². The van der Waals surface area contributed by atoms with Gasteiger partial charge in [-0.15, -0.1) is 0 Å². The summed E-state index contributed by atoms with van der Waals surface area (Å²) in [6.07, 6.45) is 0. The van der Waals surface area contributed by atoms with Gasteiger partial charge in [-0.3, -0.25) is 65.2 Å². The molecule has 722 valence electrons. The number of hydrogen-bond acceptors (Lipinski definition) is 36. The predicted molar refractivity (Wildman–Crippen MR) is 505 cm³/mol. The molecule has 0 unspecified atom stereocenters. The predicted octanol–water partition coefficient (Wildman–Crippen LogP) is 11.0. The van der Waals surface area contributed by atoms with Crippen LogP contribution >= 0.6 is 0 Å². The molecule has 0 radical (unpaired) electrons. The second-order valence-corrected chi connectivity index (χ2v) is 42.6. The van der Waals surface area contributed by atoms with Crippen molar-refractivity contribution in [3.63, 3.8) is 0 Å². The fourth-order valence-corrected chi connectivity index (χ4v) is 21.1. The number of aryl methyl sites for hydroxylation is 2. The molecule has 18 rings (SSSR count). The Bertz CT molecular complexity index is 9030. The lowest BCUT2D eigenvalue weighted by Gasteiger charge is -2.26. The standard InChI is InChI=1S/C88H60N14O32S8/c1-101-63-27-25-57(71-73(63)69(53-13-3-5-15-55(53)79(71)105)75(81(101)107)77(103)45-9-7-11-49(35-45)135(109,110)111)91-59-37-61(67(141(127,128)129)39-65(59)139(121,122)123)93-85-95-83(97-87(99-85)133-47-21-17-43-33-51(137(115,116)117)23-19-41(43)31-47)89-29-30-90-84-96-86(100-88(98-84)134-48-22-18-44-34-52(138(118,119)120)24-20-42(44)32-48)94-62-38-60(66(140(124,125)126)40-68(62)142(130,131)132)92-58-26-28-64-74-70(54-14-4-6-16-56(54)80(106)72(58)74)76(82(108)102(64)2)78(104)46-10-8-12-50(36-46)136(112,113)114/h3-28,31-40,91-92H,29-30H2,1-2H3,(H,109,110,111)(H,112,113,114)(H,115,116,117)(H,118,119,120)(H,121,122,123)(H,124,125,126)(H,127,128,129)(H,130,131,132)(H2,89,93,95,97,99)(H2,90,94,96,98,100). The summed E-state index contributed by atoms with van der Waals surface area (Å²) in [6.45, 7) is -0.866. The molecule has 2 aliphatic rings. The smallest absolute Gasteiger partial charge is 0.328 e. The Morgan fingerprint density at radius 3 is 0.965 bits per heavy atom. The van der Waals surface area contributed by atoms with Crippen LogP contribution in [0.1, 0.15) is 63.7 Å². The van der Waals surface area contributed by atoms with Crippen molar-refractivity contribution < 1.29 is 132 Å².